The van der Waals surface area contributed by atoms with Gasteiger partial charge in [-0.05, 0) is 37.1 Å². The van der Waals surface area contributed by atoms with Crippen LogP contribution in [0.5, 0.6) is 0 Å². The van der Waals surface area contributed by atoms with Crippen molar-refractivity contribution in [1.29, 1.82) is 0 Å². The first-order chi connectivity index (χ1) is 10.9. The van der Waals surface area contributed by atoms with Gasteiger partial charge in [0.05, 0.1) is 11.5 Å². The van der Waals surface area contributed by atoms with Crippen LogP contribution in [0.1, 0.15) is 12.0 Å². The Kier molecular flexibility index (Phi) is 4.41. The molecule has 1 fully saturated rings. The fourth-order valence-electron chi connectivity index (χ4n) is 2.47. The molecule has 1 unspecified atom stereocenters. The highest BCUT2D eigenvalue weighted by molar-refractivity contribution is 7.91. The molecule has 6 nitrogen and oxygen atoms in total. The van der Waals surface area contributed by atoms with Crippen molar-refractivity contribution in [1.82, 2.24) is 9.97 Å². The molecule has 0 spiro atoms. The zero-order chi connectivity index (χ0) is 16.4. The SMILES string of the molecule is Cc1ccc(Cl)cc1Nc1nccc(NC2CCS(=O)(=O)C2)n1. The van der Waals surface area contributed by atoms with Crippen LogP contribution in [-0.4, -0.2) is 35.9 Å². The normalized spacial score (nSPS) is 19.5. The Balaban J connectivity index is 1.74. The Bertz CT molecular complexity index is 826. The van der Waals surface area contributed by atoms with Gasteiger partial charge in [-0.3, -0.25) is 0 Å². The average Bonchev–Trinajstić information content (AvgIpc) is 2.82. The quantitative estimate of drug-likeness (QED) is 0.880. The van der Waals surface area contributed by atoms with Gasteiger partial charge in [0.1, 0.15) is 5.82 Å². The highest BCUT2D eigenvalue weighted by Gasteiger charge is 2.27. The van der Waals surface area contributed by atoms with Crippen molar-refractivity contribution < 1.29 is 8.42 Å². The third-order valence-corrected chi connectivity index (χ3v) is 5.69. The van der Waals surface area contributed by atoms with Crippen LogP contribution in [-0.2, 0) is 9.84 Å². The van der Waals surface area contributed by atoms with Gasteiger partial charge in [0, 0.05) is 22.9 Å². The molecule has 1 aromatic carbocycles. The van der Waals surface area contributed by atoms with Crippen molar-refractivity contribution in [3.63, 3.8) is 0 Å². The minimum Gasteiger partial charge on any atom is -0.366 e. The second-order valence-electron chi connectivity index (χ2n) is 5.59. The Morgan fingerprint density at radius 2 is 2.13 bits per heavy atom. The molecule has 0 radical (unpaired) electrons. The first kappa shape index (κ1) is 16.0. The lowest BCUT2D eigenvalue weighted by atomic mass is 10.2. The third-order valence-electron chi connectivity index (χ3n) is 3.69. The lowest BCUT2D eigenvalue weighted by Gasteiger charge is -2.13. The Morgan fingerprint density at radius 1 is 1.30 bits per heavy atom. The van der Waals surface area contributed by atoms with Crippen LogP contribution >= 0.6 is 11.6 Å². The molecule has 122 valence electrons. The number of anilines is 3. The number of halogens is 1. The van der Waals surface area contributed by atoms with Crippen LogP contribution in [0.3, 0.4) is 0 Å². The molecule has 8 heteroatoms. The molecule has 0 saturated carbocycles. The second-order valence-corrected chi connectivity index (χ2v) is 8.26. The zero-order valence-corrected chi connectivity index (χ0v) is 14.2. The summed E-state index contributed by atoms with van der Waals surface area (Å²) in [5.41, 5.74) is 1.86. The topological polar surface area (TPSA) is 84.0 Å². The number of aromatic nitrogens is 2. The summed E-state index contributed by atoms with van der Waals surface area (Å²) in [7, 11) is -2.92. The predicted molar refractivity (Wildman–Crippen MR) is 92.2 cm³/mol. The third kappa shape index (κ3) is 4.11. The summed E-state index contributed by atoms with van der Waals surface area (Å²) in [6.45, 7) is 1.96. The van der Waals surface area contributed by atoms with Gasteiger partial charge >= 0.3 is 0 Å². The van der Waals surface area contributed by atoms with Crippen LogP contribution in [0, 0.1) is 6.92 Å². The molecule has 2 aromatic rings. The number of nitrogens with zero attached hydrogens (tertiary/aromatic N) is 2. The molecule has 23 heavy (non-hydrogen) atoms. The van der Waals surface area contributed by atoms with E-state index in [1.165, 1.54) is 0 Å². The van der Waals surface area contributed by atoms with Crippen molar-refractivity contribution in [3.8, 4) is 0 Å². The maximum atomic E-state index is 11.5. The van der Waals surface area contributed by atoms with Gasteiger partial charge in [-0.25, -0.2) is 13.4 Å². The molecule has 3 rings (SSSR count). The maximum absolute atomic E-state index is 11.5. The largest absolute Gasteiger partial charge is 0.366 e. The van der Waals surface area contributed by atoms with Crippen LogP contribution in [0.2, 0.25) is 5.02 Å². The molecule has 2 heterocycles. The fraction of sp³-hybridized carbons (Fsp3) is 0.333. The Labute approximate surface area is 140 Å². The summed E-state index contributed by atoms with van der Waals surface area (Å²) in [6.07, 6.45) is 2.23. The van der Waals surface area contributed by atoms with E-state index in [-0.39, 0.29) is 17.5 Å². The smallest absolute Gasteiger partial charge is 0.229 e. The van der Waals surface area contributed by atoms with Crippen LogP contribution in [0.4, 0.5) is 17.5 Å². The predicted octanol–water partition coefficient (Wildman–Crippen LogP) is 2.78. The van der Waals surface area contributed by atoms with E-state index in [1.54, 1.807) is 12.3 Å². The van der Waals surface area contributed by atoms with Gasteiger partial charge in [-0.1, -0.05) is 17.7 Å². The molecule has 1 saturated heterocycles. The summed E-state index contributed by atoms with van der Waals surface area (Å²) >= 11 is 6.00. The summed E-state index contributed by atoms with van der Waals surface area (Å²) in [6, 6.07) is 7.17. The van der Waals surface area contributed by atoms with Crippen molar-refractivity contribution in [2.45, 2.75) is 19.4 Å². The number of nitrogens with one attached hydrogen (secondary N) is 2. The van der Waals surface area contributed by atoms with Gasteiger partial charge in [0.2, 0.25) is 5.95 Å². The minimum absolute atomic E-state index is 0.101. The fourth-order valence-corrected chi connectivity index (χ4v) is 4.31. The number of hydrogen-bond donors (Lipinski definition) is 2. The monoisotopic (exact) mass is 352 g/mol. The van der Waals surface area contributed by atoms with Crippen LogP contribution in [0.15, 0.2) is 30.5 Å². The minimum atomic E-state index is -2.92. The van der Waals surface area contributed by atoms with Gasteiger partial charge in [-0.2, -0.15) is 4.98 Å². The molecule has 0 aliphatic carbocycles. The van der Waals surface area contributed by atoms with E-state index >= 15 is 0 Å². The number of sulfone groups is 1. The van der Waals surface area contributed by atoms with Crippen molar-refractivity contribution in [2.75, 3.05) is 22.1 Å². The van der Waals surface area contributed by atoms with Gasteiger partial charge in [0.25, 0.3) is 0 Å². The standard InChI is InChI=1S/C15H17ClN4O2S/c1-10-2-3-11(16)8-13(10)19-15-17-6-4-14(20-15)18-12-5-7-23(21,22)9-12/h2-4,6,8,12H,5,7,9H2,1H3,(H2,17,18,19,20). The number of benzene rings is 1. The van der Waals surface area contributed by atoms with Gasteiger partial charge in [0.15, 0.2) is 9.84 Å². The lowest BCUT2D eigenvalue weighted by molar-refractivity contribution is 0.602. The first-order valence-corrected chi connectivity index (χ1v) is 9.44. The van der Waals surface area contributed by atoms with Crippen molar-refractivity contribution in [2.24, 2.45) is 0 Å². The van der Waals surface area contributed by atoms with Crippen molar-refractivity contribution >= 4 is 38.9 Å². The summed E-state index contributed by atoms with van der Waals surface area (Å²) in [5.74, 6) is 1.40. The van der Waals surface area contributed by atoms with Crippen LogP contribution < -0.4 is 10.6 Å². The second kappa shape index (κ2) is 6.33. The molecule has 1 aliphatic rings. The van der Waals surface area contributed by atoms with E-state index < -0.39 is 9.84 Å². The molecular formula is C15H17ClN4O2S. The van der Waals surface area contributed by atoms with E-state index in [2.05, 4.69) is 20.6 Å². The van der Waals surface area contributed by atoms with Gasteiger partial charge < -0.3 is 10.6 Å². The first-order valence-electron chi connectivity index (χ1n) is 7.24. The number of hydrogen-bond acceptors (Lipinski definition) is 6. The molecule has 1 aromatic heterocycles. The highest BCUT2D eigenvalue weighted by Crippen LogP contribution is 2.23. The lowest BCUT2D eigenvalue weighted by Crippen LogP contribution is -2.21. The molecule has 0 bridgehead atoms. The van der Waals surface area contributed by atoms with Crippen molar-refractivity contribution in [3.05, 3.63) is 41.0 Å². The summed E-state index contributed by atoms with van der Waals surface area (Å²) in [4.78, 5) is 8.56. The van der Waals surface area contributed by atoms with Crippen LogP contribution in [0.25, 0.3) is 0 Å². The number of aryl methyl sites for hydroxylation is 1. The molecule has 1 atom stereocenters. The Hall–Kier alpha value is -1.86. The highest BCUT2D eigenvalue weighted by atomic mass is 35.5. The molecule has 2 N–H and O–H groups in total. The molecular weight excluding hydrogens is 336 g/mol. The maximum Gasteiger partial charge on any atom is 0.229 e. The van der Waals surface area contributed by atoms with E-state index in [1.807, 2.05) is 25.1 Å². The van der Waals surface area contributed by atoms with E-state index in [9.17, 15) is 8.42 Å². The number of rotatable bonds is 4. The molecule has 1 aliphatic heterocycles. The zero-order valence-electron chi connectivity index (χ0n) is 12.6. The Morgan fingerprint density at radius 3 is 2.87 bits per heavy atom. The molecule has 0 amide bonds. The van der Waals surface area contributed by atoms with E-state index in [4.69, 9.17) is 11.6 Å². The van der Waals surface area contributed by atoms with Gasteiger partial charge in [-0.15, -0.1) is 0 Å². The summed E-state index contributed by atoms with van der Waals surface area (Å²) in [5, 5.41) is 6.91. The van der Waals surface area contributed by atoms with E-state index in [0.29, 0.717) is 23.2 Å². The average molecular weight is 353 g/mol. The van der Waals surface area contributed by atoms with E-state index in [0.717, 1.165) is 11.3 Å². The summed E-state index contributed by atoms with van der Waals surface area (Å²) < 4.78 is 23.0.